The maximum absolute atomic E-state index is 12.8. The Kier molecular flexibility index (Phi) is 5.21. The number of aromatic nitrogens is 2. The lowest BCUT2D eigenvalue weighted by Gasteiger charge is -2.05. The van der Waals surface area contributed by atoms with Gasteiger partial charge < -0.3 is 9.72 Å². The molecule has 0 bridgehead atoms. The van der Waals surface area contributed by atoms with Gasteiger partial charge in [0.15, 0.2) is 0 Å². The van der Waals surface area contributed by atoms with Crippen LogP contribution in [0.5, 0.6) is 0 Å². The van der Waals surface area contributed by atoms with E-state index in [2.05, 4.69) is 14.7 Å². The Morgan fingerprint density at radius 1 is 1.12 bits per heavy atom. The van der Waals surface area contributed by atoms with Crippen LogP contribution in [0.2, 0.25) is 0 Å². The van der Waals surface area contributed by atoms with Gasteiger partial charge in [-0.25, -0.2) is 9.37 Å². The monoisotopic (exact) mass is 325 g/mol. The summed E-state index contributed by atoms with van der Waals surface area (Å²) in [5.74, 6) is 0.771. The van der Waals surface area contributed by atoms with Crippen LogP contribution in [0.15, 0.2) is 54.9 Å². The van der Waals surface area contributed by atoms with Crippen LogP contribution >= 0.6 is 0 Å². The maximum Gasteiger partial charge on any atom is 0.220 e. The summed E-state index contributed by atoms with van der Waals surface area (Å²) in [5.41, 5.74) is 2.05. The first-order chi connectivity index (χ1) is 11.7. The van der Waals surface area contributed by atoms with E-state index in [1.54, 1.807) is 12.1 Å². The average Bonchev–Trinajstić information content (AvgIpc) is 3.01. The SMILES string of the molecule is O=C(CCc1ccc(F)cc1)NCCCc1ncc2ccccn12. The molecule has 4 nitrogen and oxygen atoms in total. The summed E-state index contributed by atoms with van der Waals surface area (Å²) in [6.07, 6.45) is 6.55. The first-order valence-electron chi connectivity index (χ1n) is 8.14. The van der Waals surface area contributed by atoms with E-state index in [0.29, 0.717) is 19.4 Å². The molecule has 0 aliphatic rings. The van der Waals surface area contributed by atoms with Crippen LogP contribution in [0.25, 0.3) is 5.52 Å². The van der Waals surface area contributed by atoms with Gasteiger partial charge in [-0.15, -0.1) is 0 Å². The molecule has 2 heterocycles. The highest BCUT2D eigenvalue weighted by molar-refractivity contribution is 5.76. The predicted molar refractivity (Wildman–Crippen MR) is 91.2 cm³/mol. The number of rotatable bonds is 7. The summed E-state index contributed by atoms with van der Waals surface area (Å²) in [7, 11) is 0. The van der Waals surface area contributed by atoms with E-state index >= 15 is 0 Å². The number of amides is 1. The number of hydrogen-bond donors (Lipinski definition) is 1. The highest BCUT2D eigenvalue weighted by Crippen LogP contribution is 2.08. The van der Waals surface area contributed by atoms with Crippen LogP contribution in [-0.4, -0.2) is 21.8 Å². The number of carbonyl (C=O) groups excluding carboxylic acids is 1. The van der Waals surface area contributed by atoms with Crippen molar-refractivity contribution >= 4 is 11.4 Å². The van der Waals surface area contributed by atoms with Gasteiger partial charge >= 0.3 is 0 Å². The Hall–Kier alpha value is -2.69. The minimum Gasteiger partial charge on any atom is -0.356 e. The number of aryl methyl sites for hydroxylation is 2. The molecule has 2 aromatic heterocycles. The number of fused-ring (bicyclic) bond motifs is 1. The molecule has 0 atom stereocenters. The van der Waals surface area contributed by atoms with E-state index in [4.69, 9.17) is 0 Å². The largest absolute Gasteiger partial charge is 0.356 e. The van der Waals surface area contributed by atoms with Crippen molar-refractivity contribution in [1.29, 1.82) is 0 Å². The third kappa shape index (κ3) is 4.19. The molecule has 0 saturated carbocycles. The number of carbonyl (C=O) groups is 1. The number of pyridine rings is 1. The smallest absolute Gasteiger partial charge is 0.220 e. The van der Waals surface area contributed by atoms with Gasteiger partial charge in [-0.3, -0.25) is 4.79 Å². The summed E-state index contributed by atoms with van der Waals surface area (Å²) in [4.78, 5) is 16.3. The summed E-state index contributed by atoms with van der Waals surface area (Å²) in [6, 6.07) is 12.3. The van der Waals surface area contributed by atoms with Gasteiger partial charge in [-0.1, -0.05) is 18.2 Å². The van der Waals surface area contributed by atoms with E-state index < -0.39 is 0 Å². The van der Waals surface area contributed by atoms with Gasteiger partial charge in [0.1, 0.15) is 11.6 Å². The van der Waals surface area contributed by atoms with Gasteiger partial charge in [-0.05, 0) is 42.7 Å². The summed E-state index contributed by atoms with van der Waals surface area (Å²) >= 11 is 0. The fourth-order valence-corrected chi connectivity index (χ4v) is 2.66. The Balaban J connectivity index is 1.38. The molecule has 0 radical (unpaired) electrons. The highest BCUT2D eigenvalue weighted by atomic mass is 19.1. The molecule has 0 spiro atoms. The van der Waals surface area contributed by atoms with Crippen LogP contribution in [-0.2, 0) is 17.6 Å². The highest BCUT2D eigenvalue weighted by Gasteiger charge is 2.05. The van der Waals surface area contributed by atoms with Crippen molar-refractivity contribution in [3.63, 3.8) is 0 Å². The standard InChI is InChI=1S/C19H20FN3O/c20-16-9-6-15(7-10-16)8-11-19(24)21-12-3-5-18-22-14-17-4-1-2-13-23(17)18/h1-2,4,6-7,9-10,13-14H,3,5,8,11-12H2,(H,21,24). The minimum atomic E-state index is -0.255. The van der Waals surface area contributed by atoms with Crippen LogP contribution < -0.4 is 5.32 Å². The zero-order chi connectivity index (χ0) is 16.8. The molecule has 1 aromatic carbocycles. The van der Waals surface area contributed by atoms with Gasteiger partial charge in [0, 0.05) is 25.6 Å². The molecular weight excluding hydrogens is 305 g/mol. The normalized spacial score (nSPS) is 10.9. The molecule has 0 aliphatic carbocycles. The fourth-order valence-electron chi connectivity index (χ4n) is 2.66. The zero-order valence-corrected chi connectivity index (χ0v) is 13.4. The van der Waals surface area contributed by atoms with Gasteiger partial charge in [0.25, 0.3) is 0 Å². The van der Waals surface area contributed by atoms with Gasteiger partial charge in [-0.2, -0.15) is 0 Å². The van der Waals surface area contributed by atoms with Crippen LogP contribution in [0, 0.1) is 5.82 Å². The zero-order valence-electron chi connectivity index (χ0n) is 13.4. The molecule has 124 valence electrons. The van der Waals surface area contributed by atoms with Crippen molar-refractivity contribution in [2.75, 3.05) is 6.54 Å². The van der Waals surface area contributed by atoms with E-state index in [-0.39, 0.29) is 11.7 Å². The second-order valence-corrected chi connectivity index (χ2v) is 5.75. The quantitative estimate of drug-likeness (QED) is 0.678. The van der Waals surface area contributed by atoms with Crippen molar-refractivity contribution in [2.24, 2.45) is 0 Å². The van der Waals surface area contributed by atoms with E-state index in [1.165, 1.54) is 12.1 Å². The topological polar surface area (TPSA) is 46.4 Å². The molecule has 24 heavy (non-hydrogen) atoms. The molecular formula is C19H20FN3O. The first-order valence-corrected chi connectivity index (χ1v) is 8.14. The summed E-state index contributed by atoms with van der Waals surface area (Å²) in [6.45, 7) is 0.629. The number of nitrogens with one attached hydrogen (secondary N) is 1. The first kappa shape index (κ1) is 16.2. The lowest BCUT2D eigenvalue weighted by molar-refractivity contribution is -0.121. The molecule has 0 saturated heterocycles. The molecule has 0 aliphatic heterocycles. The Bertz CT molecular complexity index is 811. The molecule has 5 heteroatoms. The van der Waals surface area contributed by atoms with Crippen molar-refractivity contribution in [2.45, 2.75) is 25.7 Å². The lowest BCUT2D eigenvalue weighted by Crippen LogP contribution is -2.25. The number of halogens is 1. The Labute approximate surface area is 140 Å². The summed E-state index contributed by atoms with van der Waals surface area (Å²) in [5, 5.41) is 2.92. The van der Waals surface area contributed by atoms with E-state index in [9.17, 15) is 9.18 Å². The second kappa shape index (κ2) is 7.73. The number of benzene rings is 1. The summed E-state index contributed by atoms with van der Waals surface area (Å²) < 4.78 is 14.9. The van der Waals surface area contributed by atoms with Crippen LogP contribution in [0.3, 0.4) is 0 Å². The average molecular weight is 325 g/mol. The number of hydrogen-bond acceptors (Lipinski definition) is 2. The fraction of sp³-hybridized carbons (Fsp3) is 0.263. The Morgan fingerprint density at radius 3 is 2.79 bits per heavy atom. The molecule has 0 unspecified atom stereocenters. The van der Waals surface area contributed by atoms with Crippen molar-refractivity contribution < 1.29 is 9.18 Å². The Morgan fingerprint density at radius 2 is 1.96 bits per heavy atom. The molecule has 0 fully saturated rings. The van der Waals surface area contributed by atoms with Crippen molar-refractivity contribution in [3.8, 4) is 0 Å². The van der Waals surface area contributed by atoms with Crippen molar-refractivity contribution in [3.05, 3.63) is 72.1 Å². The third-order valence-corrected chi connectivity index (χ3v) is 3.97. The lowest BCUT2D eigenvalue weighted by atomic mass is 10.1. The molecule has 3 rings (SSSR count). The van der Waals surface area contributed by atoms with Gasteiger partial charge in [0.05, 0.1) is 11.7 Å². The molecule has 1 amide bonds. The number of imidazole rings is 1. The second-order valence-electron chi connectivity index (χ2n) is 5.75. The maximum atomic E-state index is 12.8. The third-order valence-electron chi connectivity index (χ3n) is 3.97. The predicted octanol–water partition coefficient (Wildman–Crippen LogP) is 3.16. The minimum absolute atomic E-state index is 0.0206. The van der Waals surface area contributed by atoms with E-state index in [1.807, 2.05) is 30.6 Å². The van der Waals surface area contributed by atoms with Crippen LogP contribution in [0.4, 0.5) is 4.39 Å². The molecule has 3 aromatic rings. The van der Waals surface area contributed by atoms with E-state index in [0.717, 1.165) is 29.7 Å². The van der Waals surface area contributed by atoms with Gasteiger partial charge in [0.2, 0.25) is 5.91 Å². The van der Waals surface area contributed by atoms with Crippen molar-refractivity contribution in [1.82, 2.24) is 14.7 Å². The van der Waals surface area contributed by atoms with Crippen LogP contribution in [0.1, 0.15) is 24.2 Å². The number of nitrogens with zero attached hydrogens (tertiary/aromatic N) is 2. The molecule has 1 N–H and O–H groups in total.